The van der Waals surface area contributed by atoms with Crippen LogP contribution in [0.15, 0.2) is 17.5 Å². The molecule has 0 amide bonds. The Labute approximate surface area is 65.1 Å². The molecule has 3 heteroatoms. The topological polar surface area (TPSA) is 38.0 Å². The summed E-state index contributed by atoms with van der Waals surface area (Å²) in [5, 5.41) is 5.17. The summed E-state index contributed by atoms with van der Waals surface area (Å²) < 4.78 is 0. The smallest absolute Gasteiger partial charge is 0.0904 e. The Morgan fingerprint density at radius 1 is 1.80 bits per heavy atom. The van der Waals surface area contributed by atoms with Gasteiger partial charge in [0, 0.05) is 4.88 Å². The summed E-state index contributed by atoms with van der Waals surface area (Å²) in [4.78, 5) is 1.20. The van der Waals surface area contributed by atoms with E-state index in [2.05, 4.69) is 5.32 Å². The summed E-state index contributed by atoms with van der Waals surface area (Å²) in [5.74, 6) is 0. The fourth-order valence-electron chi connectivity index (χ4n) is 0.789. The maximum Gasteiger partial charge on any atom is 0.0904 e. The third-order valence-electron chi connectivity index (χ3n) is 1.27. The van der Waals surface area contributed by atoms with Crippen molar-refractivity contribution in [1.82, 2.24) is 5.32 Å². The van der Waals surface area contributed by atoms with Gasteiger partial charge in [-0.05, 0) is 18.0 Å². The molecule has 0 aliphatic rings. The lowest BCUT2D eigenvalue weighted by Crippen LogP contribution is -2.27. The van der Waals surface area contributed by atoms with Crippen LogP contribution in [0.2, 0.25) is 0 Å². The SMILES string of the molecule is CCNC(N)c1cccs1. The first-order chi connectivity index (χ1) is 4.84. The summed E-state index contributed by atoms with van der Waals surface area (Å²) in [6, 6.07) is 4.05. The Morgan fingerprint density at radius 2 is 2.60 bits per heavy atom. The van der Waals surface area contributed by atoms with Gasteiger partial charge in [-0.3, -0.25) is 5.32 Å². The minimum atomic E-state index is 0.0185. The van der Waals surface area contributed by atoms with Crippen molar-refractivity contribution in [1.29, 1.82) is 0 Å². The van der Waals surface area contributed by atoms with Crippen LogP contribution in [0.3, 0.4) is 0 Å². The molecule has 0 fully saturated rings. The van der Waals surface area contributed by atoms with E-state index in [9.17, 15) is 0 Å². The van der Waals surface area contributed by atoms with Crippen LogP contribution in [-0.2, 0) is 0 Å². The molecule has 0 aliphatic carbocycles. The molecule has 0 radical (unpaired) electrons. The van der Waals surface area contributed by atoms with Crippen molar-refractivity contribution in [2.75, 3.05) is 6.54 Å². The van der Waals surface area contributed by atoms with Crippen LogP contribution in [0.5, 0.6) is 0 Å². The largest absolute Gasteiger partial charge is 0.311 e. The molecule has 1 aromatic rings. The normalized spacial score (nSPS) is 13.4. The minimum absolute atomic E-state index is 0.0185. The molecule has 2 nitrogen and oxygen atoms in total. The van der Waals surface area contributed by atoms with E-state index < -0.39 is 0 Å². The van der Waals surface area contributed by atoms with Gasteiger partial charge in [-0.2, -0.15) is 0 Å². The molecule has 1 aromatic heterocycles. The summed E-state index contributed by atoms with van der Waals surface area (Å²) >= 11 is 1.68. The Hall–Kier alpha value is -0.380. The van der Waals surface area contributed by atoms with E-state index in [0.717, 1.165) is 6.54 Å². The average molecular weight is 156 g/mol. The monoisotopic (exact) mass is 156 g/mol. The first kappa shape index (κ1) is 7.72. The zero-order valence-corrected chi connectivity index (χ0v) is 6.82. The number of nitrogens with two attached hydrogens (primary N) is 1. The van der Waals surface area contributed by atoms with Crippen molar-refractivity contribution < 1.29 is 0 Å². The number of hydrogen-bond acceptors (Lipinski definition) is 3. The van der Waals surface area contributed by atoms with E-state index in [4.69, 9.17) is 5.73 Å². The maximum atomic E-state index is 5.75. The first-order valence-electron chi connectivity index (χ1n) is 3.37. The van der Waals surface area contributed by atoms with E-state index >= 15 is 0 Å². The molecule has 10 heavy (non-hydrogen) atoms. The molecule has 0 saturated carbocycles. The van der Waals surface area contributed by atoms with Gasteiger partial charge in [0.1, 0.15) is 0 Å². The molecule has 0 spiro atoms. The highest BCUT2D eigenvalue weighted by Gasteiger charge is 2.02. The minimum Gasteiger partial charge on any atom is -0.311 e. The lowest BCUT2D eigenvalue weighted by atomic mass is 10.4. The second-order valence-electron chi connectivity index (χ2n) is 2.05. The average Bonchev–Trinajstić information content (AvgIpc) is 2.38. The highest BCUT2D eigenvalue weighted by Crippen LogP contribution is 2.13. The van der Waals surface area contributed by atoms with E-state index in [-0.39, 0.29) is 6.17 Å². The van der Waals surface area contributed by atoms with Gasteiger partial charge in [-0.1, -0.05) is 13.0 Å². The Kier molecular flexibility index (Phi) is 2.86. The van der Waals surface area contributed by atoms with Crippen molar-refractivity contribution in [2.45, 2.75) is 13.1 Å². The Morgan fingerprint density at radius 3 is 3.10 bits per heavy atom. The van der Waals surface area contributed by atoms with Gasteiger partial charge in [-0.25, -0.2) is 0 Å². The lowest BCUT2D eigenvalue weighted by Gasteiger charge is -2.08. The molecule has 1 heterocycles. The fourth-order valence-corrected chi connectivity index (χ4v) is 1.49. The second-order valence-corrected chi connectivity index (χ2v) is 3.03. The fraction of sp³-hybridized carbons (Fsp3) is 0.429. The summed E-state index contributed by atoms with van der Waals surface area (Å²) in [7, 11) is 0. The summed E-state index contributed by atoms with van der Waals surface area (Å²) in [6.07, 6.45) is 0.0185. The molecular weight excluding hydrogens is 144 g/mol. The summed E-state index contributed by atoms with van der Waals surface area (Å²) in [5.41, 5.74) is 5.75. The van der Waals surface area contributed by atoms with Crippen molar-refractivity contribution in [3.8, 4) is 0 Å². The van der Waals surface area contributed by atoms with Crippen LogP contribution in [0.25, 0.3) is 0 Å². The Bertz CT molecular complexity index is 172. The molecule has 3 N–H and O–H groups in total. The van der Waals surface area contributed by atoms with Crippen molar-refractivity contribution >= 4 is 11.3 Å². The predicted octanol–water partition coefficient (Wildman–Crippen LogP) is 1.31. The van der Waals surface area contributed by atoms with Gasteiger partial charge >= 0.3 is 0 Å². The zero-order valence-electron chi connectivity index (χ0n) is 6.00. The van der Waals surface area contributed by atoms with Crippen LogP contribution in [0.4, 0.5) is 0 Å². The lowest BCUT2D eigenvalue weighted by molar-refractivity contribution is 0.582. The predicted molar refractivity (Wildman–Crippen MR) is 44.9 cm³/mol. The highest BCUT2D eigenvalue weighted by atomic mass is 32.1. The Balaban J connectivity index is 2.50. The molecular formula is C7H12N2S. The zero-order chi connectivity index (χ0) is 7.40. The third kappa shape index (κ3) is 1.80. The van der Waals surface area contributed by atoms with Gasteiger partial charge in [0.2, 0.25) is 0 Å². The van der Waals surface area contributed by atoms with Crippen molar-refractivity contribution in [3.05, 3.63) is 22.4 Å². The molecule has 56 valence electrons. The van der Waals surface area contributed by atoms with E-state index in [1.54, 1.807) is 11.3 Å². The second kappa shape index (κ2) is 3.71. The number of hydrogen-bond donors (Lipinski definition) is 2. The van der Waals surface area contributed by atoms with Crippen molar-refractivity contribution in [3.63, 3.8) is 0 Å². The first-order valence-corrected chi connectivity index (χ1v) is 4.25. The quantitative estimate of drug-likeness (QED) is 0.648. The molecule has 1 unspecified atom stereocenters. The molecule has 0 aromatic carbocycles. The molecule has 1 atom stereocenters. The summed E-state index contributed by atoms with van der Waals surface area (Å²) in [6.45, 7) is 2.96. The van der Waals surface area contributed by atoms with Gasteiger partial charge in [0.05, 0.1) is 6.17 Å². The molecule has 1 rings (SSSR count). The standard InChI is InChI=1S/C7H12N2S/c1-2-9-7(8)6-4-3-5-10-6/h3-5,7,9H,2,8H2,1H3. The van der Waals surface area contributed by atoms with Crippen LogP contribution in [-0.4, -0.2) is 6.54 Å². The maximum absolute atomic E-state index is 5.75. The number of thiophene rings is 1. The van der Waals surface area contributed by atoms with Gasteiger partial charge < -0.3 is 5.73 Å². The highest BCUT2D eigenvalue weighted by molar-refractivity contribution is 7.10. The van der Waals surface area contributed by atoms with E-state index in [1.807, 2.05) is 24.4 Å². The van der Waals surface area contributed by atoms with E-state index in [0.29, 0.717) is 0 Å². The van der Waals surface area contributed by atoms with Gasteiger partial charge in [-0.15, -0.1) is 11.3 Å². The molecule has 0 aliphatic heterocycles. The van der Waals surface area contributed by atoms with Crippen molar-refractivity contribution in [2.24, 2.45) is 5.73 Å². The molecule has 0 saturated heterocycles. The van der Waals surface area contributed by atoms with Crippen LogP contribution < -0.4 is 11.1 Å². The van der Waals surface area contributed by atoms with Crippen LogP contribution >= 0.6 is 11.3 Å². The van der Waals surface area contributed by atoms with Crippen LogP contribution in [0.1, 0.15) is 18.0 Å². The van der Waals surface area contributed by atoms with E-state index in [1.165, 1.54) is 4.88 Å². The number of nitrogens with one attached hydrogen (secondary N) is 1. The third-order valence-corrected chi connectivity index (χ3v) is 2.23. The van der Waals surface area contributed by atoms with Crippen LogP contribution in [0, 0.1) is 0 Å². The van der Waals surface area contributed by atoms with Gasteiger partial charge in [0.25, 0.3) is 0 Å². The molecule has 0 bridgehead atoms. The van der Waals surface area contributed by atoms with Gasteiger partial charge in [0.15, 0.2) is 0 Å². The number of rotatable bonds is 3.